The Balaban J connectivity index is 1.97. The van der Waals surface area contributed by atoms with Gasteiger partial charge in [-0.3, -0.25) is 4.79 Å². The minimum absolute atomic E-state index is 0.0331. The molecule has 0 bridgehead atoms. The van der Waals surface area contributed by atoms with Gasteiger partial charge in [-0.2, -0.15) is 0 Å². The molecule has 1 aromatic heterocycles. The Morgan fingerprint density at radius 3 is 2.89 bits per heavy atom. The number of likely N-dealkylation sites (tertiary alicyclic amines) is 1. The first-order valence-corrected chi connectivity index (χ1v) is 8.12. The molecule has 100 valence electrons. The van der Waals surface area contributed by atoms with Crippen LogP contribution in [-0.4, -0.2) is 36.5 Å². The third kappa shape index (κ3) is 3.50. The summed E-state index contributed by atoms with van der Waals surface area (Å²) in [6.07, 6.45) is 0.250. The standard InChI is InChI=1S/C10H15N3O3S2/c1-7-12-9(5-17-7)4-13-3-8(2-10(13)14)6-18(11,15)16/h5,8H,2-4,6H2,1H3,(H2,11,15,16). The molecule has 18 heavy (non-hydrogen) atoms. The maximum atomic E-state index is 11.7. The number of carbonyl (C=O) groups is 1. The van der Waals surface area contributed by atoms with E-state index in [4.69, 9.17) is 5.14 Å². The van der Waals surface area contributed by atoms with E-state index in [-0.39, 0.29) is 24.0 Å². The van der Waals surface area contributed by atoms with E-state index in [0.717, 1.165) is 10.7 Å². The van der Waals surface area contributed by atoms with Crippen molar-refractivity contribution < 1.29 is 13.2 Å². The lowest BCUT2D eigenvalue weighted by atomic mass is 10.1. The second-order valence-corrected chi connectivity index (χ2v) is 7.25. The lowest BCUT2D eigenvalue weighted by Gasteiger charge is -2.14. The summed E-state index contributed by atoms with van der Waals surface area (Å²) in [6, 6.07) is 0. The number of aryl methyl sites for hydroxylation is 1. The maximum Gasteiger partial charge on any atom is 0.223 e. The van der Waals surface area contributed by atoms with Crippen molar-refractivity contribution in [2.45, 2.75) is 19.9 Å². The fraction of sp³-hybridized carbons (Fsp3) is 0.600. The number of aromatic nitrogens is 1. The van der Waals surface area contributed by atoms with Crippen LogP contribution in [0.2, 0.25) is 0 Å². The van der Waals surface area contributed by atoms with Crippen molar-refractivity contribution >= 4 is 27.3 Å². The number of nitrogens with two attached hydrogens (primary N) is 1. The number of sulfonamides is 1. The van der Waals surface area contributed by atoms with Crippen molar-refractivity contribution in [3.8, 4) is 0 Å². The number of rotatable bonds is 4. The van der Waals surface area contributed by atoms with Gasteiger partial charge in [-0.05, 0) is 6.92 Å². The molecular formula is C10H15N3O3S2. The molecule has 1 unspecified atom stereocenters. The Labute approximate surface area is 110 Å². The van der Waals surface area contributed by atoms with Crippen molar-refractivity contribution in [3.05, 3.63) is 16.1 Å². The van der Waals surface area contributed by atoms with E-state index in [1.807, 2.05) is 12.3 Å². The molecule has 1 saturated heterocycles. The number of nitrogens with zero attached hydrogens (tertiary/aromatic N) is 2. The quantitative estimate of drug-likeness (QED) is 0.850. The van der Waals surface area contributed by atoms with E-state index in [1.165, 1.54) is 11.3 Å². The van der Waals surface area contributed by atoms with Crippen LogP contribution in [0.4, 0.5) is 0 Å². The summed E-state index contributed by atoms with van der Waals surface area (Å²) in [7, 11) is -3.52. The lowest BCUT2D eigenvalue weighted by Crippen LogP contribution is -2.27. The Hall–Kier alpha value is -0.990. The molecule has 1 aromatic rings. The van der Waals surface area contributed by atoms with E-state index in [0.29, 0.717) is 13.1 Å². The fourth-order valence-electron chi connectivity index (χ4n) is 2.12. The highest BCUT2D eigenvalue weighted by molar-refractivity contribution is 7.89. The summed E-state index contributed by atoms with van der Waals surface area (Å²) in [5, 5.41) is 7.86. The lowest BCUT2D eigenvalue weighted by molar-refractivity contribution is -0.128. The first-order valence-electron chi connectivity index (χ1n) is 5.53. The Morgan fingerprint density at radius 1 is 1.61 bits per heavy atom. The molecule has 2 heterocycles. The van der Waals surface area contributed by atoms with Crippen LogP contribution in [0.25, 0.3) is 0 Å². The predicted molar refractivity (Wildman–Crippen MR) is 68.3 cm³/mol. The SMILES string of the molecule is Cc1nc(CN2CC(CS(N)(=O)=O)CC2=O)cs1. The van der Waals surface area contributed by atoms with Crippen molar-refractivity contribution in [2.24, 2.45) is 11.1 Å². The van der Waals surface area contributed by atoms with Crippen LogP contribution in [0, 0.1) is 12.8 Å². The second-order valence-electron chi connectivity index (χ2n) is 4.53. The normalized spacial score (nSPS) is 20.7. The summed E-state index contributed by atoms with van der Waals surface area (Å²) in [5.74, 6) is -0.368. The number of thiazole rings is 1. The van der Waals surface area contributed by atoms with Gasteiger partial charge in [-0.25, -0.2) is 18.5 Å². The molecular weight excluding hydrogens is 274 g/mol. The third-order valence-electron chi connectivity index (χ3n) is 2.78. The minimum Gasteiger partial charge on any atom is -0.336 e. The van der Waals surface area contributed by atoms with Crippen molar-refractivity contribution in [3.63, 3.8) is 0 Å². The molecule has 1 aliphatic rings. The highest BCUT2D eigenvalue weighted by atomic mass is 32.2. The number of carbonyl (C=O) groups excluding carboxylic acids is 1. The van der Waals surface area contributed by atoms with Crippen molar-refractivity contribution in [1.29, 1.82) is 0 Å². The molecule has 6 nitrogen and oxygen atoms in total. The largest absolute Gasteiger partial charge is 0.336 e. The number of hydrogen-bond acceptors (Lipinski definition) is 5. The number of primary sulfonamides is 1. The van der Waals surface area contributed by atoms with Gasteiger partial charge in [0.25, 0.3) is 0 Å². The van der Waals surface area contributed by atoms with E-state index < -0.39 is 10.0 Å². The Kier molecular flexibility index (Phi) is 3.69. The minimum atomic E-state index is -3.52. The van der Waals surface area contributed by atoms with Gasteiger partial charge in [0.1, 0.15) is 0 Å². The average Bonchev–Trinajstić information content (AvgIpc) is 2.73. The number of amides is 1. The van der Waals surface area contributed by atoms with Crippen LogP contribution in [-0.2, 0) is 21.4 Å². The van der Waals surface area contributed by atoms with E-state index in [1.54, 1.807) is 4.90 Å². The Morgan fingerprint density at radius 2 is 2.33 bits per heavy atom. The van der Waals surface area contributed by atoms with Crippen molar-refractivity contribution in [2.75, 3.05) is 12.3 Å². The van der Waals surface area contributed by atoms with Crippen LogP contribution in [0.5, 0.6) is 0 Å². The average molecular weight is 289 g/mol. The van der Waals surface area contributed by atoms with Gasteiger partial charge in [-0.1, -0.05) is 0 Å². The highest BCUT2D eigenvalue weighted by Crippen LogP contribution is 2.21. The Bertz CT molecular complexity index is 552. The molecule has 2 N–H and O–H groups in total. The molecule has 0 aliphatic carbocycles. The van der Waals surface area contributed by atoms with Crippen LogP contribution >= 0.6 is 11.3 Å². The molecule has 1 amide bonds. The molecule has 1 aliphatic heterocycles. The summed E-state index contributed by atoms with van der Waals surface area (Å²) in [4.78, 5) is 17.7. The van der Waals surface area contributed by atoms with Gasteiger partial charge < -0.3 is 4.90 Å². The molecule has 1 atom stereocenters. The smallest absolute Gasteiger partial charge is 0.223 e. The molecule has 8 heteroatoms. The zero-order valence-electron chi connectivity index (χ0n) is 10.00. The fourth-order valence-corrected chi connectivity index (χ4v) is 3.61. The summed E-state index contributed by atoms with van der Waals surface area (Å²) in [6.45, 7) is 2.79. The third-order valence-corrected chi connectivity index (χ3v) is 4.54. The van der Waals surface area contributed by atoms with Gasteiger partial charge >= 0.3 is 0 Å². The zero-order valence-corrected chi connectivity index (χ0v) is 11.6. The van der Waals surface area contributed by atoms with Gasteiger partial charge in [0.2, 0.25) is 15.9 Å². The van der Waals surface area contributed by atoms with Crippen LogP contribution in [0.3, 0.4) is 0 Å². The second kappa shape index (κ2) is 4.94. The van der Waals surface area contributed by atoms with Crippen LogP contribution < -0.4 is 5.14 Å². The van der Waals surface area contributed by atoms with Gasteiger partial charge in [0, 0.05) is 24.3 Å². The summed E-state index contributed by atoms with van der Waals surface area (Å²) >= 11 is 1.53. The molecule has 0 aromatic carbocycles. The summed E-state index contributed by atoms with van der Waals surface area (Å²) < 4.78 is 22.0. The molecule has 2 rings (SSSR count). The number of hydrogen-bond donors (Lipinski definition) is 1. The maximum absolute atomic E-state index is 11.7. The van der Waals surface area contributed by atoms with Gasteiger partial charge in [0.15, 0.2) is 0 Å². The molecule has 0 spiro atoms. The van der Waals surface area contributed by atoms with E-state index in [2.05, 4.69) is 4.98 Å². The first kappa shape index (κ1) is 13.4. The zero-order chi connectivity index (χ0) is 13.3. The molecule has 1 fully saturated rings. The van der Waals surface area contributed by atoms with Gasteiger partial charge in [0.05, 0.1) is 23.0 Å². The topological polar surface area (TPSA) is 93.4 Å². The predicted octanol–water partition coefficient (Wildman–Crippen LogP) is 0.0885. The first-order chi connectivity index (χ1) is 8.33. The molecule has 0 saturated carbocycles. The van der Waals surface area contributed by atoms with E-state index in [9.17, 15) is 13.2 Å². The van der Waals surface area contributed by atoms with Crippen molar-refractivity contribution in [1.82, 2.24) is 9.88 Å². The monoisotopic (exact) mass is 289 g/mol. The van der Waals surface area contributed by atoms with Gasteiger partial charge in [-0.15, -0.1) is 11.3 Å². The van der Waals surface area contributed by atoms with Crippen LogP contribution in [0.15, 0.2) is 5.38 Å². The van der Waals surface area contributed by atoms with Crippen LogP contribution in [0.1, 0.15) is 17.1 Å². The highest BCUT2D eigenvalue weighted by Gasteiger charge is 2.32. The summed E-state index contributed by atoms with van der Waals surface area (Å²) in [5.41, 5.74) is 0.849. The molecule has 0 radical (unpaired) electrons. The van der Waals surface area contributed by atoms with E-state index >= 15 is 0 Å².